The summed E-state index contributed by atoms with van der Waals surface area (Å²) in [5, 5.41) is 0. The SMILES string of the molecule is CCC(=O)N1CCCC(C(=O)N2CCC3(CCCCC3)C2)C1. The topological polar surface area (TPSA) is 40.6 Å². The summed E-state index contributed by atoms with van der Waals surface area (Å²) in [5.41, 5.74) is 0.432. The Balaban J connectivity index is 1.58. The minimum atomic E-state index is 0.0444. The number of hydrogen-bond donors (Lipinski definition) is 0. The number of likely N-dealkylation sites (tertiary alicyclic amines) is 2. The molecule has 1 unspecified atom stereocenters. The molecular formula is C18H30N2O2. The van der Waals surface area contributed by atoms with Crippen molar-refractivity contribution in [3.05, 3.63) is 0 Å². The fraction of sp³-hybridized carbons (Fsp3) is 0.889. The second kappa shape index (κ2) is 6.59. The monoisotopic (exact) mass is 306 g/mol. The van der Waals surface area contributed by atoms with Crippen LogP contribution in [0.4, 0.5) is 0 Å². The van der Waals surface area contributed by atoms with Crippen LogP contribution < -0.4 is 0 Å². The second-order valence-corrected chi connectivity index (χ2v) is 7.60. The zero-order chi connectivity index (χ0) is 15.6. The third-order valence-electron chi connectivity index (χ3n) is 6.09. The summed E-state index contributed by atoms with van der Waals surface area (Å²) in [6.45, 7) is 5.30. The average molecular weight is 306 g/mol. The molecular weight excluding hydrogens is 276 g/mol. The molecule has 0 radical (unpaired) electrons. The van der Waals surface area contributed by atoms with Gasteiger partial charge in [0.1, 0.15) is 0 Å². The number of nitrogens with zero attached hydrogens (tertiary/aromatic N) is 2. The van der Waals surface area contributed by atoms with Gasteiger partial charge >= 0.3 is 0 Å². The van der Waals surface area contributed by atoms with Crippen LogP contribution >= 0.6 is 0 Å². The first-order valence-corrected chi connectivity index (χ1v) is 9.20. The van der Waals surface area contributed by atoms with Crippen molar-refractivity contribution in [3.63, 3.8) is 0 Å². The maximum Gasteiger partial charge on any atom is 0.227 e. The quantitative estimate of drug-likeness (QED) is 0.787. The van der Waals surface area contributed by atoms with Crippen LogP contribution in [0.15, 0.2) is 0 Å². The van der Waals surface area contributed by atoms with Gasteiger partial charge in [0, 0.05) is 32.6 Å². The van der Waals surface area contributed by atoms with Crippen LogP contribution in [-0.4, -0.2) is 47.8 Å². The molecule has 1 aliphatic carbocycles. The number of carbonyl (C=O) groups is 2. The van der Waals surface area contributed by atoms with Crippen LogP contribution in [-0.2, 0) is 9.59 Å². The molecule has 4 heteroatoms. The molecule has 3 rings (SSSR count). The average Bonchev–Trinajstić information content (AvgIpc) is 2.97. The summed E-state index contributed by atoms with van der Waals surface area (Å²) >= 11 is 0. The van der Waals surface area contributed by atoms with E-state index in [4.69, 9.17) is 0 Å². The molecule has 2 heterocycles. The molecule has 3 aliphatic rings. The van der Waals surface area contributed by atoms with E-state index in [1.54, 1.807) is 0 Å². The molecule has 1 atom stereocenters. The van der Waals surface area contributed by atoms with Crippen LogP contribution in [0.25, 0.3) is 0 Å². The van der Waals surface area contributed by atoms with Crippen LogP contribution in [0.1, 0.15) is 64.7 Å². The lowest BCUT2D eigenvalue weighted by molar-refractivity contribution is -0.140. The summed E-state index contributed by atoms with van der Waals surface area (Å²) in [7, 11) is 0. The first kappa shape index (κ1) is 15.8. The summed E-state index contributed by atoms with van der Waals surface area (Å²) < 4.78 is 0. The van der Waals surface area contributed by atoms with Crippen molar-refractivity contribution in [2.45, 2.75) is 64.7 Å². The number of piperidine rings is 1. The normalized spacial score (nSPS) is 28.1. The fourth-order valence-electron chi connectivity index (χ4n) is 4.72. The molecule has 124 valence electrons. The number of amides is 2. The predicted molar refractivity (Wildman–Crippen MR) is 86.3 cm³/mol. The molecule has 22 heavy (non-hydrogen) atoms. The van der Waals surface area contributed by atoms with Crippen molar-refractivity contribution in [1.82, 2.24) is 9.80 Å². The Kier molecular flexibility index (Phi) is 4.74. The van der Waals surface area contributed by atoms with Gasteiger partial charge in [0.2, 0.25) is 11.8 Å². The lowest BCUT2D eigenvalue weighted by Crippen LogP contribution is -2.46. The Bertz CT molecular complexity index is 429. The highest BCUT2D eigenvalue weighted by molar-refractivity contribution is 5.81. The maximum atomic E-state index is 12.9. The van der Waals surface area contributed by atoms with Crippen molar-refractivity contribution in [3.8, 4) is 0 Å². The van der Waals surface area contributed by atoms with E-state index in [9.17, 15) is 9.59 Å². The minimum Gasteiger partial charge on any atom is -0.342 e. The first-order valence-electron chi connectivity index (χ1n) is 9.20. The second-order valence-electron chi connectivity index (χ2n) is 7.60. The van der Waals surface area contributed by atoms with Gasteiger partial charge in [0.05, 0.1) is 5.92 Å². The van der Waals surface area contributed by atoms with Gasteiger partial charge in [-0.15, -0.1) is 0 Å². The standard InChI is InChI=1S/C18H30N2O2/c1-2-16(21)19-11-6-7-15(13-19)17(22)20-12-10-18(14-20)8-4-3-5-9-18/h15H,2-14H2,1H3. The van der Waals surface area contributed by atoms with E-state index in [0.717, 1.165) is 32.5 Å². The Morgan fingerprint density at radius 2 is 1.77 bits per heavy atom. The molecule has 0 aromatic carbocycles. The van der Waals surface area contributed by atoms with Gasteiger partial charge in [-0.05, 0) is 37.5 Å². The van der Waals surface area contributed by atoms with Gasteiger partial charge in [-0.25, -0.2) is 0 Å². The number of hydrogen-bond acceptors (Lipinski definition) is 2. The van der Waals surface area contributed by atoms with E-state index in [2.05, 4.69) is 4.90 Å². The highest BCUT2D eigenvalue weighted by atomic mass is 16.2. The van der Waals surface area contributed by atoms with Crippen LogP contribution in [0.5, 0.6) is 0 Å². The zero-order valence-electron chi connectivity index (χ0n) is 14.0. The van der Waals surface area contributed by atoms with E-state index in [-0.39, 0.29) is 11.8 Å². The Morgan fingerprint density at radius 1 is 1.00 bits per heavy atom. The third kappa shape index (κ3) is 3.16. The Hall–Kier alpha value is -1.06. The highest BCUT2D eigenvalue weighted by Crippen LogP contribution is 2.44. The Morgan fingerprint density at radius 3 is 2.50 bits per heavy atom. The van der Waals surface area contributed by atoms with Crippen molar-refractivity contribution in [2.75, 3.05) is 26.2 Å². The summed E-state index contributed by atoms with van der Waals surface area (Å²) in [4.78, 5) is 28.8. The zero-order valence-corrected chi connectivity index (χ0v) is 14.0. The predicted octanol–water partition coefficient (Wildman–Crippen LogP) is 2.82. The lowest BCUT2D eigenvalue weighted by atomic mass is 9.73. The van der Waals surface area contributed by atoms with E-state index < -0.39 is 0 Å². The molecule has 0 aromatic heterocycles. The molecule has 1 spiro atoms. The van der Waals surface area contributed by atoms with Crippen LogP contribution in [0, 0.1) is 11.3 Å². The number of rotatable bonds is 2. The van der Waals surface area contributed by atoms with Gasteiger partial charge in [0.25, 0.3) is 0 Å². The van der Waals surface area contributed by atoms with E-state index in [1.807, 2.05) is 11.8 Å². The summed E-state index contributed by atoms with van der Waals surface area (Å²) in [5.74, 6) is 0.557. The van der Waals surface area contributed by atoms with E-state index in [1.165, 1.54) is 38.5 Å². The fourth-order valence-corrected chi connectivity index (χ4v) is 4.72. The van der Waals surface area contributed by atoms with Gasteiger partial charge < -0.3 is 9.80 Å². The van der Waals surface area contributed by atoms with E-state index in [0.29, 0.717) is 24.3 Å². The summed E-state index contributed by atoms with van der Waals surface area (Å²) in [6.07, 6.45) is 10.3. The van der Waals surface area contributed by atoms with Crippen molar-refractivity contribution < 1.29 is 9.59 Å². The molecule has 0 aromatic rings. The Labute approximate surface area is 134 Å². The largest absolute Gasteiger partial charge is 0.342 e. The van der Waals surface area contributed by atoms with Gasteiger partial charge in [-0.2, -0.15) is 0 Å². The van der Waals surface area contributed by atoms with Crippen LogP contribution in [0.3, 0.4) is 0 Å². The molecule has 2 saturated heterocycles. The third-order valence-corrected chi connectivity index (χ3v) is 6.09. The highest BCUT2D eigenvalue weighted by Gasteiger charge is 2.42. The van der Waals surface area contributed by atoms with Gasteiger partial charge in [-0.1, -0.05) is 26.2 Å². The van der Waals surface area contributed by atoms with Gasteiger partial charge in [0.15, 0.2) is 0 Å². The van der Waals surface area contributed by atoms with Gasteiger partial charge in [-0.3, -0.25) is 9.59 Å². The summed E-state index contributed by atoms with van der Waals surface area (Å²) in [6, 6.07) is 0. The number of carbonyl (C=O) groups excluding carboxylic acids is 2. The molecule has 3 fully saturated rings. The molecule has 0 bridgehead atoms. The molecule has 2 aliphatic heterocycles. The van der Waals surface area contributed by atoms with Crippen molar-refractivity contribution in [2.24, 2.45) is 11.3 Å². The van der Waals surface area contributed by atoms with Crippen molar-refractivity contribution >= 4 is 11.8 Å². The smallest absolute Gasteiger partial charge is 0.227 e. The molecule has 4 nitrogen and oxygen atoms in total. The maximum absolute atomic E-state index is 12.9. The molecule has 2 amide bonds. The van der Waals surface area contributed by atoms with Crippen molar-refractivity contribution in [1.29, 1.82) is 0 Å². The molecule has 0 N–H and O–H groups in total. The lowest BCUT2D eigenvalue weighted by Gasteiger charge is -2.36. The van der Waals surface area contributed by atoms with Crippen LogP contribution in [0.2, 0.25) is 0 Å². The minimum absolute atomic E-state index is 0.0444. The first-order chi connectivity index (χ1) is 10.6. The van der Waals surface area contributed by atoms with E-state index >= 15 is 0 Å². The molecule has 1 saturated carbocycles.